The second kappa shape index (κ2) is 8.70. The molecule has 0 amide bonds. The van der Waals surface area contributed by atoms with E-state index in [0.29, 0.717) is 26.2 Å². The summed E-state index contributed by atoms with van der Waals surface area (Å²) in [6.07, 6.45) is 0. The predicted octanol–water partition coefficient (Wildman–Crippen LogP) is 6.80. The second-order valence-corrected chi connectivity index (χ2v) is 10.6. The van der Waals surface area contributed by atoms with Crippen LogP contribution in [0.1, 0.15) is 16.8 Å². The minimum atomic E-state index is -3.30. The molecule has 5 heteroatoms. The van der Waals surface area contributed by atoms with Crippen LogP contribution in [-0.2, 0) is 4.57 Å². The topological polar surface area (TPSA) is 37.3 Å². The molecule has 1 N–H and O–H groups in total. The maximum atomic E-state index is 15.1. The van der Waals surface area contributed by atoms with E-state index in [4.69, 9.17) is 23.2 Å². The Labute approximate surface area is 186 Å². The molecule has 4 rings (SSSR count). The molecule has 0 aliphatic carbocycles. The molecule has 0 saturated heterocycles. The molecule has 0 heterocycles. The molecular formula is C25H19Cl2O2P. The van der Waals surface area contributed by atoms with E-state index in [-0.39, 0.29) is 5.75 Å². The third-order valence-electron chi connectivity index (χ3n) is 5.13. The lowest BCUT2D eigenvalue weighted by molar-refractivity contribution is 0.468. The van der Waals surface area contributed by atoms with Crippen LogP contribution < -0.4 is 10.6 Å². The van der Waals surface area contributed by atoms with Crippen LogP contribution in [0.5, 0.6) is 5.75 Å². The Bertz CT molecular complexity index is 1170. The molecule has 0 saturated carbocycles. The normalized spacial score (nSPS) is 12.5. The average Bonchev–Trinajstić information content (AvgIpc) is 2.78. The van der Waals surface area contributed by atoms with Crippen LogP contribution in [-0.4, -0.2) is 5.11 Å². The highest BCUT2D eigenvalue weighted by molar-refractivity contribution is 7.79. The van der Waals surface area contributed by atoms with E-state index in [9.17, 15) is 5.11 Å². The average molecular weight is 453 g/mol. The summed E-state index contributed by atoms with van der Waals surface area (Å²) < 4.78 is 15.1. The Balaban J connectivity index is 2.08. The fourth-order valence-electron chi connectivity index (χ4n) is 3.73. The van der Waals surface area contributed by atoms with Crippen molar-refractivity contribution in [1.82, 2.24) is 0 Å². The molecule has 0 bridgehead atoms. The highest BCUT2D eigenvalue weighted by atomic mass is 35.5. The summed E-state index contributed by atoms with van der Waals surface area (Å²) in [6, 6.07) is 31.1. The molecular weight excluding hydrogens is 434 g/mol. The van der Waals surface area contributed by atoms with E-state index >= 15 is 4.57 Å². The number of benzene rings is 4. The Kier molecular flexibility index (Phi) is 6.01. The highest BCUT2D eigenvalue weighted by Gasteiger charge is 2.40. The molecule has 4 aromatic carbocycles. The summed E-state index contributed by atoms with van der Waals surface area (Å²) in [7, 11) is -3.30. The van der Waals surface area contributed by atoms with Crippen molar-refractivity contribution >= 4 is 41.0 Å². The number of para-hydroxylation sites is 1. The van der Waals surface area contributed by atoms with Gasteiger partial charge in [0, 0.05) is 16.2 Å². The first-order chi connectivity index (χ1) is 14.5. The fraction of sp³-hybridized carbons (Fsp3) is 0.0400. The maximum Gasteiger partial charge on any atom is 0.154 e. The van der Waals surface area contributed by atoms with Crippen molar-refractivity contribution in [2.24, 2.45) is 0 Å². The minimum absolute atomic E-state index is 0.0839. The van der Waals surface area contributed by atoms with Crippen molar-refractivity contribution in [2.75, 3.05) is 0 Å². The highest BCUT2D eigenvalue weighted by Crippen LogP contribution is 2.61. The van der Waals surface area contributed by atoms with Crippen molar-refractivity contribution in [1.29, 1.82) is 0 Å². The van der Waals surface area contributed by atoms with Crippen molar-refractivity contribution in [3.8, 4) is 5.75 Å². The first-order valence-corrected chi connectivity index (χ1v) is 12.0. The van der Waals surface area contributed by atoms with Gasteiger partial charge in [0.15, 0.2) is 7.14 Å². The molecule has 1 atom stereocenters. The van der Waals surface area contributed by atoms with E-state index in [1.54, 1.807) is 30.3 Å². The van der Waals surface area contributed by atoms with Gasteiger partial charge in [0.05, 0.1) is 15.7 Å². The first-order valence-electron chi connectivity index (χ1n) is 9.45. The van der Waals surface area contributed by atoms with Gasteiger partial charge in [-0.2, -0.15) is 0 Å². The summed E-state index contributed by atoms with van der Waals surface area (Å²) in [5.74, 6) is 0.0839. The maximum absolute atomic E-state index is 15.1. The van der Waals surface area contributed by atoms with Gasteiger partial charge in [0.2, 0.25) is 0 Å². The lowest BCUT2D eigenvalue weighted by Crippen LogP contribution is -2.22. The number of hydrogen-bond acceptors (Lipinski definition) is 2. The van der Waals surface area contributed by atoms with Crippen molar-refractivity contribution in [3.63, 3.8) is 0 Å². The van der Waals surface area contributed by atoms with Crippen LogP contribution in [0.3, 0.4) is 0 Å². The SMILES string of the molecule is O=P(c1ccccc1)(c1ccccc1)C(c1ccc(Cl)c(Cl)c1)c1ccccc1O. The van der Waals surface area contributed by atoms with Crippen molar-refractivity contribution in [3.05, 3.63) is 124 Å². The van der Waals surface area contributed by atoms with Gasteiger partial charge < -0.3 is 9.67 Å². The van der Waals surface area contributed by atoms with Gasteiger partial charge in [-0.1, -0.05) is 108 Å². The van der Waals surface area contributed by atoms with Gasteiger partial charge in [-0.05, 0) is 23.8 Å². The minimum Gasteiger partial charge on any atom is -0.508 e. The van der Waals surface area contributed by atoms with Gasteiger partial charge in [0.1, 0.15) is 5.75 Å². The number of halogens is 2. The summed E-state index contributed by atoms with van der Waals surface area (Å²) in [4.78, 5) is 0. The van der Waals surface area contributed by atoms with Gasteiger partial charge in [0.25, 0.3) is 0 Å². The third-order valence-corrected chi connectivity index (χ3v) is 9.31. The summed E-state index contributed by atoms with van der Waals surface area (Å²) in [6.45, 7) is 0. The Morgan fingerprint density at radius 3 is 1.73 bits per heavy atom. The molecule has 150 valence electrons. The lowest BCUT2D eigenvalue weighted by atomic mass is 10.0. The molecule has 4 aromatic rings. The van der Waals surface area contributed by atoms with Gasteiger partial charge >= 0.3 is 0 Å². The van der Waals surface area contributed by atoms with Crippen LogP contribution in [0.4, 0.5) is 0 Å². The molecule has 0 radical (unpaired) electrons. The predicted molar refractivity (Wildman–Crippen MR) is 126 cm³/mol. The molecule has 2 nitrogen and oxygen atoms in total. The van der Waals surface area contributed by atoms with Gasteiger partial charge in [-0.3, -0.25) is 0 Å². The zero-order valence-corrected chi connectivity index (χ0v) is 18.4. The number of rotatable bonds is 5. The molecule has 0 spiro atoms. The number of phenols is 1. The fourth-order valence-corrected chi connectivity index (χ4v) is 7.35. The zero-order chi connectivity index (χ0) is 21.1. The van der Waals surface area contributed by atoms with Gasteiger partial charge in [-0.25, -0.2) is 0 Å². The standard InChI is InChI=1S/C25H19Cl2O2P/c26-22-16-15-18(17-23(22)27)25(21-13-7-8-14-24(21)28)30(29,19-9-3-1-4-10-19)20-11-5-2-6-12-20/h1-17,25,28H. The Hall–Kier alpha value is -2.51. The van der Waals surface area contributed by atoms with Crippen LogP contribution in [0, 0.1) is 0 Å². The smallest absolute Gasteiger partial charge is 0.154 e. The summed E-state index contributed by atoms with van der Waals surface area (Å²) in [5.41, 5.74) is 0.659. The third kappa shape index (κ3) is 3.79. The number of phenolic OH excluding ortho intramolecular Hbond substituents is 1. The van der Waals surface area contributed by atoms with Crippen LogP contribution in [0.25, 0.3) is 0 Å². The zero-order valence-electron chi connectivity index (χ0n) is 16.0. The summed E-state index contributed by atoms with van der Waals surface area (Å²) in [5, 5.41) is 13.0. The Morgan fingerprint density at radius 1 is 0.667 bits per heavy atom. The monoisotopic (exact) mass is 452 g/mol. The van der Waals surface area contributed by atoms with E-state index in [2.05, 4.69) is 0 Å². The van der Waals surface area contributed by atoms with Gasteiger partial charge in [-0.15, -0.1) is 0 Å². The molecule has 0 fully saturated rings. The summed E-state index contributed by atoms with van der Waals surface area (Å²) >= 11 is 12.5. The van der Waals surface area contributed by atoms with Crippen LogP contribution >= 0.6 is 30.3 Å². The Morgan fingerprint density at radius 2 is 1.20 bits per heavy atom. The van der Waals surface area contributed by atoms with Crippen LogP contribution in [0.15, 0.2) is 103 Å². The largest absolute Gasteiger partial charge is 0.508 e. The van der Waals surface area contributed by atoms with Crippen LogP contribution in [0.2, 0.25) is 10.0 Å². The molecule has 0 aromatic heterocycles. The molecule has 30 heavy (non-hydrogen) atoms. The number of hydrogen-bond donors (Lipinski definition) is 1. The number of aromatic hydroxyl groups is 1. The van der Waals surface area contributed by atoms with E-state index < -0.39 is 12.8 Å². The molecule has 0 aliphatic heterocycles. The van der Waals surface area contributed by atoms with Crippen molar-refractivity contribution < 1.29 is 9.67 Å². The first kappa shape index (κ1) is 20.8. The van der Waals surface area contributed by atoms with E-state index in [1.807, 2.05) is 72.8 Å². The quantitative estimate of drug-likeness (QED) is 0.338. The molecule has 0 aliphatic rings. The lowest BCUT2D eigenvalue weighted by Gasteiger charge is -2.30. The van der Waals surface area contributed by atoms with E-state index in [1.165, 1.54) is 0 Å². The second-order valence-electron chi connectivity index (χ2n) is 6.96. The van der Waals surface area contributed by atoms with E-state index in [0.717, 1.165) is 5.56 Å². The van der Waals surface area contributed by atoms with Crippen molar-refractivity contribution in [2.45, 2.75) is 5.66 Å². The molecule has 1 unspecified atom stereocenters.